The molecule has 0 aliphatic carbocycles. The molecule has 2 aromatic carbocycles. The number of anilines is 2. The molecule has 0 radical (unpaired) electrons. The van der Waals surface area contributed by atoms with Gasteiger partial charge in [-0.15, -0.1) is 0 Å². The summed E-state index contributed by atoms with van der Waals surface area (Å²) >= 11 is 0. The lowest BCUT2D eigenvalue weighted by Gasteiger charge is -2.32. The maximum atomic E-state index is 10.8. The molecule has 0 bridgehead atoms. The van der Waals surface area contributed by atoms with Gasteiger partial charge in [-0.2, -0.15) is 10.2 Å². The third-order valence-corrected chi connectivity index (χ3v) is 3.27. The van der Waals surface area contributed by atoms with Crippen molar-refractivity contribution in [3.05, 3.63) is 54.6 Å². The molecule has 0 aliphatic rings. The third kappa shape index (κ3) is 3.93. The van der Waals surface area contributed by atoms with Crippen LogP contribution in [-0.2, 0) is 0 Å². The van der Waals surface area contributed by atoms with E-state index in [4.69, 9.17) is 22.0 Å². The zero-order valence-corrected chi connectivity index (χ0v) is 13.0. The molecule has 0 amide bonds. The van der Waals surface area contributed by atoms with E-state index in [0.29, 0.717) is 17.1 Å². The molecule has 0 aromatic heterocycles. The van der Waals surface area contributed by atoms with Gasteiger partial charge in [0.2, 0.25) is 0 Å². The SMILES string of the molecule is C=NN(CC(O)(Oc1ccccc1)/C(N)=N\N)c1cccc(N)c1. The number of benzene rings is 2. The maximum absolute atomic E-state index is 10.8. The molecule has 8 nitrogen and oxygen atoms in total. The van der Waals surface area contributed by atoms with Crippen molar-refractivity contribution >= 4 is 23.9 Å². The van der Waals surface area contributed by atoms with E-state index >= 15 is 0 Å². The molecule has 7 N–H and O–H groups in total. The van der Waals surface area contributed by atoms with E-state index in [1.165, 1.54) is 5.01 Å². The Kier molecular flexibility index (Phi) is 5.23. The quantitative estimate of drug-likeness (QED) is 0.147. The Morgan fingerprint density at radius 1 is 1.21 bits per heavy atom. The highest BCUT2D eigenvalue weighted by atomic mass is 16.6. The molecule has 8 heteroatoms. The monoisotopic (exact) mass is 328 g/mol. The van der Waals surface area contributed by atoms with Crippen LogP contribution < -0.4 is 27.1 Å². The summed E-state index contributed by atoms with van der Waals surface area (Å²) in [6.07, 6.45) is 0. The van der Waals surface area contributed by atoms with E-state index in [2.05, 4.69) is 16.9 Å². The summed E-state index contributed by atoms with van der Waals surface area (Å²) in [6, 6.07) is 15.6. The van der Waals surface area contributed by atoms with Crippen LogP contribution in [-0.4, -0.2) is 30.0 Å². The molecule has 0 heterocycles. The van der Waals surface area contributed by atoms with Crippen molar-refractivity contribution in [2.75, 3.05) is 17.3 Å². The van der Waals surface area contributed by atoms with Crippen molar-refractivity contribution in [2.45, 2.75) is 5.79 Å². The number of aliphatic hydroxyl groups is 1. The number of hydrazone groups is 2. The van der Waals surface area contributed by atoms with Crippen molar-refractivity contribution < 1.29 is 9.84 Å². The molecule has 24 heavy (non-hydrogen) atoms. The lowest BCUT2D eigenvalue weighted by atomic mass is 10.2. The number of ether oxygens (including phenoxy) is 1. The van der Waals surface area contributed by atoms with E-state index in [1.54, 1.807) is 48.5 Å². The Labute approximate surface area is 139 Å². The number of rotatable bonds is 7. The Morgan fingerprint density at radius 2 is 1.92 bits per heavy atom. The normalized spacial score (nSPS) is 13.8. The predicted octanol–water partition coefficient (Wildman–Crippen LogP) is 0.689. The average molecular weight is 328 g/mol. The van der Waals surface area contributed by atoms with Crippen molar-refractivity contribution in [2.24, 2.45) is 21.8 Å². The van der Waals surface area contributed by atoms with Gasteiger partial charge in [-0.3, -0.25) is 5.01 Å². The Balaban J connectivity index is 2.32. The minimum atomic E-state index is -2.01. The summed E-state index contributed by atoms with van der Waals surface area (Å²) in [4.78, 5) is 0. The summed E-state index contributed by atoms with van der Waals surface area (Å²) < 4.78 is 5.60. The van der Waals surface area contributed by atoms with Gasteiger partial charge < -0.3 is 27.2 Å². The van der Waals surface area contributed by atoms with Crippen LogP contribution in [0.2, 0.25) is 0 Å². The summed E-state index contributed by atoms with van der Waals surface area (Å²) in [7, 11) is 0. The smallest absolute Gasteiger partial charge is 0.288 e. The van der Waals surface area contributed by atoms with E-state index in [0.717, 1.165) is 0 Å². The van der Waals surface area contributed by atoms with Gasteiger partial charge in [0.05, 0.1) is 5.69 Å². The van der Waals surface area contributed by atoms with Gasteiger partial charge in [-0.05, 0) is 30.3 Å². The Hall–Kier alpha value is -3.26. The first-order valence-electron chi connectivity index (χ1n) is 7.08. The van der Waals surface area contributed by atoms with E-state index < -0.39 is 5.79 Å². The molecule has 1 atom stereocenters. The number of hydrogen-bond donors (Lipinski definition) is 4. The molecule has 0 saturated heterocycles. The number of amidine groups is 1. The number of nitrogens with two attached hydrogens (primary N) is 3. The molecular formula is C16H20N6O2. The second-order valence-electron chi connectivity index (χ2n) is 5.01. The molecule has 126 valence electrons. The topological polar surface area (TPSA) is 135 Å². The fourth-order valence-electron chi connectivity index (χ4n) is 2.06. The van der Waals surface area contributed by atoms with Gasteiger partial charge >= 0.3 is 0 Å². The van der Waals surface area contributed by atoms with Crippen LogP contribution in [0.1, 0.15) is 0 Å². The molecular weight excluding hydrogens is 308 g/mol. The first-order valence-corrected chi connectivity index (χ1v) is 7.08. The average Bonchev–Trinajstić information content (AvgIpc) is 2.59. The first kappa shape index (κ1) is 17.1. The van der Waals surface area contributed by atoms with Crippen molar-refractivity contribution in [1.82, 2.24) is 0 Å². The number of hydrogen-bond acceptors (Lipinski definition) is 7. The van der Waals surface area contributed by atoms with Crippen LogP contribution in [0.15, 0.2) is 64.8 Å². The number of nitrogen functional groups attached to an aromatic ring is 1. The van der Waals surface area contributed by atoms with Gasteiger partial charge in [0, 0.05) is 12.4 Å². The van der Waals surface area contributed by atoms with Crippen LogP contribution >= 0.6 is 0 Å². The summed E-state index contributed by atoms with van der Waals surface area (Å²) in [6.45, 7) is 3.31. The largest absolute Gasteiger partial charge is 0.453 e. The van der Waals surface area contributed by atoms with Crippen LogP contribution in [0.25, 0.3) is 0 Å². The zero-order valence-electron chi connectivity index (χ0n) is 13.0. The lowest BCUT2D eigenvalue weighted by Crippen LogP contribution is -2.56. The number of para-hydroxylation sites is 1. The Bertz CT molecular complexity index is 722. The highest BCUT2D eigenvalue weighted by Crippen LogP contribution is 2.23. The molecule has 0 spiro atoms. The van der Waals surface area contributed by atoms with Gasteiger partial charge in [-0.1, -0.05) is 24.3 Å². The summed E-state index contributed by atoms with van der Waals surface area (Å²) in [5.41, 5.74) is 12.7. The second kappa shape index (κ2) is 7.34. The van der Waals surface area contributed by atoms with Gasteiger partial charge in [0.25, 0.3) is 5.79 Å². The standard InChI is InChI=1S/C16H20N6O2/c1-20-22(13-7-5-6-12(17)10-13)11-16(23,15(18)21-19)24-14-8-3-2-4-9-14/h2-10,23H,1,11,17,19H2,(H2,18,21). The highest BCUT2D eigenvalue weighted by molar-refractivity contribution is 5.88. The van der Waals surface area contributed by atoms with Gasteiger partial charge in [-0.25, -0.2) is 0 Å². The Morgan fingerprint density at radius 3 is 2.50 bits per heavy atom. The maximum Gasteiger partial charge on any atom is 0.288 e. The fourth-order valence-corrected chi connectivity index (χ4v) is 2.06. The van der Waals surface area contributed by atoms with E-state index in [9.17, 15) is 5.11 Å². The molecule has 1 unspecified atom stereocenters. The highest BCUT2D eigenvalue weighted by Gasteiger charge is 2.37. The van der Waals surface area contributed by atoms with Crippen LogP contribution in [0.3, 0.4) is 0 Å². The summed E-state index contributed by atoms with van der Waals surface area (Å²) in [5.74, 6) is 3.31. The van der Waals surface area contributed by atoms with E-state index in [1.807, 2.05) is 6.07 Å². The zero-order chi connectivity index (χ0) is 17.6. The van der Waals surface area contributed by atoms with Crippen molar-refractivity contribution in [1.29, 1.82) is 0 Å². The molecule has 0 aliphatic heterocycles. The van der Waals surface area contributed by atoms with Crippen LogP contribution in [0.5, 0.6) is 5.75 Å². The van der Waals surface area contributed by atoms with Gasteiger partial charge in [0.1, 0.15) is 12.3 Å². The minimum Gasteiger partial charge on any atom is -0.453 e. The molecule has 0 saturated carbocycles. The molecule has 2 aromatic rings. The summed E-state index contributed by atoms with van der Waals surface area (Å²) in [5, 5.41) is 19.5. The van der Waals surface area contributed by atoms with E-state index in [-0.39, 0.29) is 12.4 Å². The van der Waals surface area contributed by atoms with Crippen molar-refractivity contribution in [3.63, 3.8) is 0 Å². The van der Waals surface area contributed by atoms with Crippen LogP contribution in [0, 0.1) is 0 Å². The second-order valence-corrected chi connectivity index (χ2v) is 5.01. The third-order valence-electron chi connectivity index (χ3n) is 3.27. The van der Waals surface area contributed by atoms with Crippen LogP contribution in [0.4, 0.5) is 11.4 Å². The molecule has 2 rings (SSSR count). The minimum absolute atomic E-state index is 0.193. The first-order chi connectivity index (χ1) is 11.5. The fraction of sp³-hybridized carbons (Fsp3) is 0.125. The van der Waals surface area contributed by atoms with Gasteiger partial charge in [0.15, 0.2) is 5.84 Å². The molecule has 0 fully saturated rings. The number of nitrogens with zero attached hydrogens (tertiary/aromatic N) is 3. The lowest BCUT2D eigenvalue weighted by molar-refractivity contribution is -0.0690. The van der Waals surface area contributed by atoms with Crippen molar-refractivity contribution in [3.8, 4) is 5.75 Å². The predicted molar refractivity (Wildman–Crippen MR) is 95.6 cm³/mol.